The van der Waals surface area contributed by atoms with Crippen LogP contribution in [0.4, 0.5) is 5.82 Å². The zero-order chi connectivity index (χ0) is 19.9. The summed E-state index contributed by atoms with van der Waals surface area (Å²) in [4.78, 5) is 26.8. The minimum absolute atomic E-state index is 0.232. The first kappa shape index (κ1) is 19.8. The highest BCUT2D eigenvalue weighted by atomic mass is 16.1. The van der Waals surface area contributed by atoms with E-state index in [9.17, 15) is 4.79 Å². The van der Waals surface area contributed by atoms with Crippen LogP contribution in [0.5, 0.6) is 0 Å². The standard InChI is InChI=1S/C18H29N9O/c1-3-20-18(27-8-4-5-13(11-27)9-15(19)28)22-7-6-21-16-14-10-25-26(2)17(14)24-12-23-16/h10,12-13H,3-9,11H2,1-2H3,(H2,19,28)(H,20,22)(H,21,23,24). The van der Waals surface area contributed by atoms with E-state index in [2.05, 4.69) is 37.5 Å². The number of nitrogens with zero attached hydrogens (tertiary/aromatic N) is 6. The van der Waals surface area contributed by atoms with Crippen molar-refractivity contribution in [1.29, 1.82) is 0 Å². The summed E-state index contributed by atoms with van der Waals surface area (Å²) in [6.45, 7) is 5.85. The molecule has 0 spiro atoms. The van der Waals surface area contributed by atoms with Gasteiger partial charge >= 0.3 is 0 Å². The molecule has 4 N–H and O–H groups in total. The summed E-state index contributed by atoms with van der Waals surface area (Å²) in [5, 5.41) is 11.8. The van der Waals surface area contributed by atoms with Crippen LogP contribution in [0.3, 0.4) is 0 Å². The van der Waals surface area contributed by atoms with Crippen molar-refractivity contribution in [2.45, 2.75) is 26.2 Å². The zero-order valence-electron chi connectivity index (χ0n) is 16.6. The van der Waals surface area contributed by atoms with E-state index in [1.807, 2.05) is 7.05 Å². The number of rotatable bonds is 7. The number of guanidine groups is 1. The monoisotopic (exact) mass is 387 g/mol. The summed E-state index contributed by atoms with van der Waals surface area (Å²) in [7, 11) is 1.86. The van der Waals surface area contributed by atoms with Gasteiger partial charge in [0.1, 0.15) is 12.1 Å². The average molecular weight is 387 g/mol. The van der Waals surface area contributed by atoms with Gasteiger partial charge in [-0.3, -0.25) is 14.5 Å². The molecule has 3 rings (SSSR count). The van der Waals surface area contributed by atoms with Gasteiger partial charge in [-0.25, -0.2) is 9.97 Å². The number of amides is 1. The Morgan fingerprint density at radius 2 is 2.29 bits per heavy atom. The number of fused-ring (bicyclic) bond motifs is 1. The summed E-state index contributed by atoms with van der Waals surface area (Å²) in [5.74, 6) is 1.71. The van der Waals surface area contributed by atoms with Crippen LogP contribution in [0.15, 0.2) is 17.5 Å². The Morgan fingerprint density at radius 1 is 1.43 bits per heavy atom. The van der Waals surface area contributed by atoms with Crippen molar-refractivity contribution in [2.75, 3.05) is 38.0 Å². The fourth-order valence-electron chi connectivity index (χ4n) is 3.57. The number of aromatic nitrogens is 4. The van der Waals surface area contributed by atoms with Gasteiger partial charge in [-0.15, -0.1) is 0 Å². The Kier molecular flexibility index (Phi) is 6.62. The molecule has 1 aliphatic rings. The Balaban J connectivity index is 1.59. The predicted molar refractivity (Wildman–Crippen MR) is 109 cm³/mol. The largest absolute Gasteiger partial charge is 0.370 e. The van der Waals surface area contributed by atoms with Gasteiger partial charge in [-0.05, 0) is 25.7 Å². The summed E-state index contributed by atoms with van der Waals surface area (Å²) >= 11 is 0. The molecule has 2 aromatic rings. The van der Waals surface area contributed by atoms with Gasteiger partial charge in [-0.2, -0.15) is 5.10 Å². The number of carbonyl (C=O) groups excluding carboxylic acids is 1. The number of nitrogens with one attached hydrogen (secondary N) is 2. The summed E-state index contributed by atoms with van der Waals surface area (Å²) in [6.07, 6.45) is 5.81. The van der Waals surface area contributed by atoms with Gasteiger partial charge in [-0.1, -0.05) is 0 Å². The number of hydrogen-bond donors (Lipinski definition) is 3. The number of aliphatic imine (C=N–C) groups is 1. The second-order valence-corrected chi connectivity index (χ2v) is 7.01. The zero-order valence-corrected chi connectivity index (χ0v) is 16.6. The van der Waals surface area contributed by atoms with E-state index >= 15 is 0 Å². The molecule has 2 aromatic heterocycles. The van der Waals surface area contributed by atoms with Crippen LogP contribution in [0.1, 0.15) is 26.2 Å². The lowest BCUT2D eigenvalue weighted by Gasteiger charge is -2.34. The molecule has 28 heavy (non-hydrogen) atoms. The molecule has 1 fully saturated rings. The van der Waals surface area contributed by atoms with Crippen molar-refractivity contribution >= 4 is 28.7 Å². The third kappa shape index (κ3) is 4.87. The number of likely N-dealkylation sites (tertiary alicyclic amines) is 1. The van der Waals surface area contributed by atoms with Crippen LogP contribution >= 0.6 is 0 Å². The molecule has 0 radical (unpaired) electrons. The minimum Gasteiger partial charge on any atom is -0.370 e. The number of anilines is 1. The van der Waals surface area contributed by atoms with Crippen LogP contribution in [0, 0.1) is 5.92 Å². The molecule has 1 unspecified atom stereocenters. The molecule has 0 aromatic carbocycles. The highest BCUT2D eigenvalue weighted by Gasteiger charge is 2.23. The van der Waals surface area contributed by atoms with Crippen LogP contribution in [0.2, 0.25) is 0 Å². The number of carbonyl (C=O) groups is 1. The van der Waals surface area contributed by atoms with E-state index in [4.69, 9.17) is 10.7 Å². The maximum Gasteiger partial charge on any atom is 0.217 e. The summed E-state index contributed by atoms with van der Waals surface area (Å²) < 4.78 is 1.72. The smallest absolute Gasteiger partial charge is 0.217 e. The van der Waals surface area contributed by atoms with E-state index in [0.717, 1.165) is 55.3 Å². The second-order valence-electron chi connectivity index (χ2n) is 7.01. The first-order valence-electron chi connectivity index (χ1n) is 9.76. The van der Waals surface area contributed by atoms with Crippen molar-refractivity contribution in [3.63, 3.8) is 0 Å². The first-order valence-corrected chi connectivity index (χ1v) is 9.76. The van der Waals surface area contributed by atoms with Crippen molar-refractivity contribution in [3.05, 3.63) is 12.5 Å². The summed E-state index contributed by atoms with van der Waals surface area (Å²) in [6, 6.07) is 0. The lowest BCUT2D eigenvalue weighted by Crippen LogP contribution is -2.47. The molecular weight excluding hydrogens is 358 g/mol. The lowest BCUT2D eigenvalue weighted by atomic mass is 9.95. The number of nitrogens with two attached hydrogens (primary N) is 1. The molecule has 10 heteroatoms. The molecule has 1 amide bonds. The topological polar surface area (TPSA) is 126 Å². The Bertz CT molecular complexity index is 832. The molecular formula is C18H29N9O. The fourth-order valence-corrected chi connectivity index (χ4v) is 3.57. The van der Waals surface area contributed by atoms with E-state index in [-0.39, 0.29) is 5.91 Å². The normalized spacial score (nSPS) is 17.7. The van der Waals surface area contributed by atoms with Crippen molar-refractivity contribution < 1.29 is 4.79 Å². The van der Waals surface area contributed by atoms with Gasteiger partial charge < -0.3 is 21.3 Å². The van der Waals surface area contributed by atoms with E-state index in [1.54, 1.807) is 10.9 Å². The van der Waals surface area contributed by atoms with Crippen molar-refractivity contribution in [3.8, 4) is 0 Å². The highest BCUT2D eigenvalue weighted by Crippen LogP contribution is 2.19. The maximum atomic E-state index is 11.2. The molecule has 0 saturated carbocycles. The molecule has 1 atom stereocenters. The molecule has 152 valence electrons. The second kappa shape index (κ2) is 9.34. The SMILES string of the molecule is CCNC(=NCCNc1ncnc2c1cnn2C)N1CCCC(CC(N)=O)C1. The van der Waals surface area contributed by atoms with Gasteiger partial charge in [0, 0.05) is 39.6 Å². The highest BCUT2D eigenvalue weighted by molar-refractivity contribution is 5.86. The Morgan fingerprint density at radius 3 is 3.07 bits per heavy atom. The number of piperidine rings is 1. The number of hydrogen-bond acceptors (Lipinski definition) is 6. The molecule has 1 aliphatic heterocycles. The van der Waals surface area contributed by atoms with E-state index in [1.165, 1.54) is 6.33 Å². The van der Waals surface area contributed by atoms with Gasteiger partial charge in [0.05, 0.1) is 18.1 Å². The van der Waals surface area contributed by atoms with Crippen LogP contribution in [-0.2, 0) is 11.8 Å². The van der Waals surface area contributed by atoms with Crippen molar-refractivity contribution in [1.82, 2.24) is 30.0 Å². The molecule has 10 nitrogen and oxygen atoms in total. The third-order valence-electron chi connectivity index (χ3n) is 4.84. The predicted octanol–water partition coefficient (Wildman–Crippen LogP) is 0.328. The quantitative estimate of drug-likeness (QED) is 0.355. The third-order valence-corrected chi connectivity index (χ3v) is 4.84. The minimum atomic E-state index is -0.232. The summed E-state index contributed by atoms with van der Waals surface area (Å²) in [5.41, 5.74) is 6.16. The Labute approximate surface area is 164 Å². The van der Waals surface area contributed by atoms with Gasteiger partial charge in [0.25, 0.3) is 0 Å². The number of primary amides is 1. The molecule has 0 bridgehead atoms. The fraction of sp³-hybridized carbons (Fsp3) is 0.611. The molecule has 1 saturated heterocycles. The van der Waals surface area contributed by atoms with Crippen LogP contribution in [-0.4, -0.2) is 69.2 Å². The first-order chi connectivity index (χ1) is 13.6. The van der Waals surface area contributed by atoms with Crippen LogP contribution in [0.25, 0.3) is 11.0 Å². The Hall–Kier alpha value is -2.91. The lowest BCUT2D eigenvalue weighted by molar-refractivity contribution is -0.119. The number of aryl methyl sites for hydroxylation is 1. The van der Waals surface area contributed by atoms with Gasteiger partial charge in [0.2, 0.25) is 5.91 Å². The van der Waals surface area contributed by atoms with E-state index in [0.29, 0.717) is 25.4 Å². The molecule has 3 heterocycles. The van der Waals surface area contributed by atoms with Crippen LogP contribution < -0.4 is 16.4 Å². The molecule has 0 aliphatic carbocycles. The van der Waals surface area contributed by atoms with Gasteiger partial charge in [0.15, 0.2) is 11.6 Å². The average Bonchev–Trinajstić information content (AvgIpc) is 3.06. The van der Waals surface area contributed by atoms with E-state index < -0.39 is 0 Å². The maximum absolute atomic E-state index is 11.2. The van der Waals surface area contributed by atoms with Crippen molar-refractivity contribution in [2.24, 2.45) is 23.7 Å².